The van der Waals surface area contributed by atoms with Gasteiger partial charge in [-0.2, -0.15) is 15.1 Å². The molecule has 0 radical (unpaired) electrons. The highest BCUT2D eigenvalue weighted by molar-refractivity contribution is 5.80. The van der Waals surface area contributed by atoms with Crippen LogP contribution in [0.3, 0.4) is 0 Å². The molecule has 0 fully saturated rings. The van der Waals surface area contributed by atoms with E-state index < -0.39 is 0 Å². The number of aromatic amines is 1. The van der Waals surface area contributed by atoms with Crippen molar-refractivity contribution in [3.63, 3.8) is 0 Å². The minimum absolute atomic E-state index is 0.175. The number of H-pyrrole nitrogens is 1. The first kappa shape index (κ1) is 12.5. The number of hydrogen-bond donors (Lipinski definition) is 3. The number of aromatic nitrogens is 4. The molecule has 2 rings (SSSR count). The van der Waals surface area contributed by atoms with Gasteiger partial charge in [0.2, 0.25) is 11.8 Å². The van der Waals surface area contributed by atoms with E-state index in [4.69, 9.17) is 15.3 Å². The number of hydrogen-bond acceptors (Lipinski definition) is 7. The predicted octanol–water partition coefficient (Wildman–Crippen LogP) is 0.442. The van der Waals surface area contributed by atoms with Gasteiger partial charge in [0.05, 0.1) is 18.9 Å². The quantitative estimate of drug-likeness (QED) is 0.388. The molecule has 2 aromatic heterocycles. The standard InChI is InChI=1S/C10H16N6O2/c1-6(2)17-3-4-18-9-7-5-12-16-8(7)13-10(14-9)15-11/h5-6H,3-4,11H2,1-2H3,(H2,12,13,14,15,16). The van der Waals surface area contributed by atoms with E-state index in [1.807, 2.05) is 13.8 Å². The Bertz CT molecular complexity index is 512. The average molecular weight is 252 g/mol. The van der Waals surface area contributed by atoms with Crippen LogP contribution >= 0.6 is 0 Å². The van der Waals surface area contributed by atoms with Gasteiger partial charge in [0.25, 0.3) is 0 Å². The fourth-order valence-corrected chi connectivity index (χ4v) is 1.41. The van der Waals surface area contributed by atoms with Gasteiger partial charge in [-0.1, -0.05) is 0 Å². The Balaban J connectivity index is 2.08. The first-order valence-electron chi connectivity index (χ1n) is 5.63. The second kappa shape index (κ2) is 5.61. The maximum Gasteiger partial charge on any atom is 0.242 e. The SMILES string of the molecule is CC(C)OCCOc1nc(NN)nc2[nH]ncc12. The zero-order chi connectivity index (χ0) is 13.0. The maximum absolute atomic E-state index is 5.54. The smallest absolute Gasteiger partial charge is 0.242 e. The number of nitrogens with one attached hydrogen (secondary N) is 2. The largest absolute Gasteiger partial charge is 0.475 e. The summed E-state index contributed by atoms with van der Waals surface area (Å²) in [5.74, 6) is 5.98. The highest BCUT2D eigenvalue weighted by atomic mass is 16.5. The molecule has 0 aromatic carbocycles. The molecule has 0 bridgehead atoms. The average Bonchev–Trinajstić information content (AvgIpc) is 2.82. The van der Waals surface area contributed by atoms with Gasteiger partial charge in [-0.05, 0) is 13.8 Å². The topological polar surface area (TPSA) is 111 Å². The van der Waals surface area contributed by atoms with Crippen molar-refractivity contribution < 1.29 is 9.47 Å². The van der Waals surface area contributed by atoms with Crippen LogP contribution in [0.4, 0.5) is 5.95 Å². The van der Waals surface area contributed by atoms with Crippen LogP contribution in [0.5, 0.6) is 5.88 Å². The minimum atomic E-state index is 0.175. The molecule has 18 heavy (non-hydrogen) atoms. The van der Waals surface area contributed by atoms with Crippen molar-refractivity contribution in [3.05, 3.63) is 6.20 Å². The van der Waals surface area contributed by atoms with Crippen molar-refractivity contribution >= 4 is 17.0 Å². The Morgan fingerprint density at radius 1 is 1.39 bits per heavy atom. The molecule has 2 aromatic rings. The number of nitrogens with two attached hydrogens (primary N) is 1. The minimum Gasteiger partial charge on any atom is -0.475 e. The third-order valence-electron chi connectivity index (χ3n) is 2.18. The highest BCUT2D eigenvalue weighted by Crippen LogP contribution is 2.21. The van der Waals surface area contributed by atoms with Crippen LogP contribution in [0.15, 0.2) is 6.20 Å². The van der Waals surface area contributed by atoms with E-state index in [1.165, 1.54) is 0 Å². The van der Waals surface area contributed by atoms with Crippen LogP contribution < -0.4 is 16.0 Å². The number of rotatable bonds is 6. The second-order valence-electron chi connectivity index (χ2n) is 3.90. The predicted molar refractivity (Wildman–Crippen MR) is 66.1 cm³/mol. The van der Waals surface area contributed by atoms with Crippen molar-refractivity contribution in [2.24, 2.45) is 5.84 Å². The molecule has 0 amide bonds. The van der Waals surface area contributed by atoms with E-state index in [9.17, 15) is 0 Å². The zero-order valence-electron chi connectivity index (χ0n) is 10.3. The molecule has 4 N–H and O–H groups in total. The number of nitrogen functional groups attached to an aromatic ring is 1. The van der Waals surface area contributed by atoms with Crippen molar-refractivity contribution in [1.29, 1.82) is 0 Å². The summed E-state index contributed by atoms with van der Waals surface area (Å²) in [5, 5.41) is 7.33. The van der Waals surface area contributed by atoms with Gasteiger partial charge >= 0.3 is 0 Å². The van der Waals surface area contributed by atoms with E-state index in [2.05, 4.69) is 25.6 Å². The lowest BCUT2D eigenvalue weighted by Crippen LogP contribution is -2.14. The first-order chi connectivity index (χ1) is 8.70. The van der Waals surface area contributed by atoms with Crippen LogP contribution in [0.25, 0.3) is 11.0 Å². The number of nitrogens with zero attached hydrogens (tertiary/aromatic N) is 3. The third kappa shape index (κ3) is 2.84. The molecule has 0 saturated heterocycles. The molecule has 0 spiro atoms. The van der Waals surface area contributed by atoms with Crippen molar-refractivity contribution in [1.82, 2.24) is 20.2 Å². The zero-order valence-corrected chi connectivity index (χ0v) is 10.3. The summed E-state index contributed by atoms with van der Waals surface area (Å²) in [6.07, 6.45) is 1.78. The molecular weight excluding hydrogens is 236 g/mol. The van der Waals surface area contributed by atoms with Crippen LogP contribution in [0.2, 0.25) is 0 Å². The fourth-order valence-electron chi connectivity index (χ4n) is 1.41. The van der Waals surface area contributed by atoms with Gasteiger partial charge in [-0.3, -0.25) is 10.5 Å². The summed E-state index contributed by atoms with van der Waals surface area (Å²) in [4.78, 5) is 8.22. The molecule has 8 nitrogen and oxygen atoms in total. The molecule has 8 heteroatoms. The van der Waals surface area contributed by atoms with Crippen LogP contribution in [-0.4, -0.2) is 39.5 Å². The summed E-state index contributed by atoms with van der Waals surface area (Å²) >= 11 is 0. The molecule has 0 unspecified atom stereocenters. The van der Waals surface area contributed by atoms with E-state index in [1.54, 1.807) is 6.20 Å². The molecule has 0 aliphatic carbocycles. The van der Waals surface area contributed by atoms with Gasteiger partial charge < -0.3 is 9.47 Å². The van der Waals surface area contributed by atoms with Crippen LogP contribution in [0.1, 0.15) is 13.8 Å². The summed E-state index contributed by atoms with van der Waals surface area (Å²) in [7, 11) is 0. The number of fused-ring (bicyclic) bond motifs is 1. The lowest BCUT2D eigenvalue weighted by atomic mass is 10.4. The van der Waals surface area contributed by atoms with Gasteiger partial charge in [0.1, 0.15) is 12.0 Å². The van der Waals surface area contributed by atoms with Crippen molar-refractivity contribution in [2.45, 2.75) is 20.0 Å². The summed E-state index contributed by atoms with van der Waals surface area (Å²) < 4.78 is 10.9. The summed E-state index contributed by atoms with van der Waals surface area (Å²) in [6.45, 7) is 4.83. The Morgan fingerprint density at radius 2 is 2.22 bits per heavy atom. The van der Waals surface area contributed by atoms with E-state index in [0.717, 1.165) is 0 Å². The lowest BCUT2D eigenvalue weighted by Gasteiger charge is -2.09. The summed E-state index contributed by atoms with van der Waals surface area (Å²) in [5.41, 5.74) is 2.94. The molecular formula is C10H16N6O2. The Kier molecular flexibility index (Phi) is 3.90. The molecule has 0 saturated carbocycles. The van der Waals surface area contributed by atoms with Gasteiger partial charge in [0.15, 0.2) is 5.65 Å². The number of anilines is 1. The van der Waals surface area contributed by atoms with Crippen LogP contribution in [-0.2, 0) is 4.74 Å². The highest BCUT2D eigenvalue weighted by Gasteiger charge is 2.10. The molecule has 98 valence electrons. The molecule has 0 aliphatic heterocycles. The Labute approximate surface area is 104 Å². The van der Waals surface area contributed by atoms with E-state index in [-0.39, 0.29) is 12.1 Å². The lowest BCUT2D eigenvalue weighted by molar-refractivity contribution is 0.0546. The monoisotopic (exact) mass is 252 g/mol. The van der Waals surface area contributed by atoms with Crippen LogP contribution in [0, 0.1) is 0 Å². The van der Waals surface area contributed by atoms with Crippen molar-refractivity contribution in [2.75, 3.05) is 18.6 Å². The third-order valence-corrected chi connectivity index (χ3v) is 2.18. The fraction of sp³-hybridized carbons (Fsp3) is 0.500. The number of ether oxygens (including phenoxy) is 2. The van der Waals surface area contributed by atoms with Gasteiger partial charge in [-0.15, -0.1) is 0 Å². The second-order valence-corrected chi connectivity index (χ2v) is 3.90. The van der Waals surface area contributed by atoms with Crippen molar-refractivity contribution in [3.8, 4) is 5.88 Å². The van der Waals surface area contributed by atoms with Gasteiger partial charge in [-0.25, -0.2) is 5.84 Å². The Hall–Kier alpha value is -1.93. The normalized spacial score (nSPS) is 11.1. The molecule has 0 atom stereocenters. The molecule has 2 heterocycles. The summed E-state index contributed by atoms with van der Waals surface area (Å²) in [6, 6.07) is 0. The number of hydrazine groups is 1. The van der Waals surface area contributed by atoms with E-state index >= 15 is 0 Å². The molecule has 0 aliphatic rings. The van der Waals surface area contributed by atoms with Gasteiger partial charge in [0, 0.05) is 0 Å². The van der Waals surface area contributed by atoms with E-state index in [0.29, 0.717) is 30.1 Å². The first-order valence-corrected chi connectivity index (χ1v) is 5.63. The maximum atomic E-state index is 5.54. The Morgan fingerprint density at radius 3 is 2.94 bits per heavy atom.